The van der Waals surface area contributed by atoms with E-state index in [1.54, 1.807) is 0 Å². The summed E-state index contributed by atoms with van der Waals surface area (Å²) < 4.78 is 0. The van der Waals surface area contributed by atoms with Crippen LogP contribution in [0.15, 0.2) is 24.3 Å². The molecule has 0 heterocycles. The van der Waals surface area contributed by atoms with Gasteiger partial charge < -0.3 is 0 Å². The van der Waals surface area contributed by atoms with Gasteiger partial charge in [-0.3, -0.25) is 4.79 Å². The van der Waals surface area contributed by atoms with Crippen molar-refractivity contribution in [2.24, 2.45) is 5.92 Å². The lowest BCUT2D eigenvalue weighted by Crippen LogP contribution is -2.07. The minimum Gasteiger partial charge on any atom is -0.300 e. The number of rotatable bonds is 9. The van der Waals surface area contributed by atoms with Crippen LogP contribution in [0.25, 0.3) is 0 Å². The molecule has 106 valence electrons. The summed E-state index contributed by atoms with van der Waals surface area (Å²) in [6.07, 6.45) is 7.15. The molecule has 1 aromatic carbocycles. The number of Topliss-reactive ketones (excluding diaryl/α,β-unsaturated/α-hetero) is 1. The third-order valence-corrected chi connectivity index (χ3v) is 3.53. The predicted molar refractivity (Wildman–Crippen MR) is 82.5 cm³/mol. The van der Waals surface area contributed by atoms with Crippen LogP contribution >= 0.6 is 0 Å². The molecule has 0 saturated heterocycles. The Hall–Kier alpha value is -1.11. The van der Waals surface area contributed by atoms with E-state index in [1.807, 2.05) is 0 Å². The summed E-state index contributed by atoms with van der Waals surface area (Å²) in [6.45, 7) is 6.47. The summed E-state index contributed by atoms with van der Waals surface area (Å²) in [5.41, 5.74) is 2.79. The van der Waals surface area contributed by atoms with E-state index in [9.17, 15) is 4.79 Å². The van der Waals surface area contributed by atoms with Crippen molar-refractivity contribution in [3.05, 3.63) is 35.4 Å². The SMILES string of the molecule is CCCCc1ccc(CC(C)CC(=O)CCC)cc1. The van der Waals surface area contributed by atoms with Crippen molar-refractivity contribution in [3.8, 4) is 0 Å². The predicted octanol–water partition coefficient (Wildman–Crippen LogP) is 4.97. The molecule has 0 fully saturated rings. The highest BCUT2D eigenvalue weighted by atomic mass is 16.1. The second-order valence-corrected chi connectivity index (χ2v) is 5.72. The van der Waals surface area contributed by atoms with Crippen molar-refractivity contribution in [2.75, 3.05) is 0 Å². The molecule has 0 aliphatic carbocycles. The minimum absolute atomic E-state index is 0.412. The number of benzene rings is 1. The van der Waals surface area contributed by atoms with Crippen LogP contribution in [0.4, 0.5) is 0 Å². The van der Waals surface area contributed by atoms with Crippen molar-refractivity contribution in [1.82, 2.24) is 0 Å². The van der Waals surface area contributed by atoms with Gasteiger partial charge in [-0.1, -0.05) is 51.5 Å². The van der Waals surface area contributed by atoms with Crippen LogP contribution < -0.4 is 0 Å². The maximum Gasteiger partial charge on any atom is 0.133 e. The fourth-order valence-electron chi connectivity index (χ4n) is 2.47. The third kappa shape index (κ3) is 6.56. The number of unbranched alkanes of at least 4 members (excludes halogenated alkanes) is 1. The Kier molecular flexibility index (Phi) is 7.47. The Morgan fingerprint density at radius 1 is 1.05 bits per heavy atom. The van der Waals surface area contributed by atoms with E-state index in [1.165, 1.54) is 30.4 Å². The van der Waals surface area contributed by atoms with Gasteiger partial charge in [-0.2, -0.15) is 0 Å². The molecule has 19 heavy (non-hydrogen) atoms. The molecule has 0 saturated carbocycles. The molecule has 0 bridgehead atoms. The number of hydrogen-bond donors (Lipinski definition) is 0. The van der Waals surface area contributed by atoms with Crippen LogP contribution in [0.2, 0.25) is 0 Å². The second kappa shape index (κ2) is 8.90. The Morgan fingerprint density at radius 2 is 1.68 bits per heavy atom. The number of aryl methyl sites for hydroxylation is 1. The van der Waals surface area contributed by atoms with Gasteiger partial charge in [-0.25, -0.2) is 0 Å². The number of hydrogen-bond acceptors (Lipinski definition) is 1. The third-order valence-electron chi connectivity index (χ3n) is 3.53. The summed E-state index contributed by atoms with van der Waals surface area (Å²) in [5, 5.41) is 0. The molecule has 0 aromatic heterocycles. The molecule has 1 aromatic rings. The molecule has 0 spiro atoms. The first kappa shape index (κ1) is 15.9. The molecule has 1 heteroatoms. The number of carbonyl (C=O) groups is 1. The molecule has 0 radical (unpaired) electrons. The fourth-order valence-corrected chi connectivity index (χ4v) is 2.47. The molecule has 0 N–H and O–H groups in total. The Bertz CT molecular complexity index is 364. The largest absolute Gasteiger partial charge is 0.300 e. The van der Waals surface area contributed by atoms with Gasteiger partial charge in [0.25, 0.3) is 0 Å². The lowest BCUT2D eigenvalue weighted by Gasteiger charge is -2.11. The van der Waals surface area contributed by atoms with E-state index in [2.05, 4.69) is 45.0 Å². The van der Waals surface area contributed by atoms with Crippen molar-refractivity contribution in [3.63, 3.8) is 0 Å². The van der Waals surface area contributed by atoms with Crippen molar-refractivity contribution >= 4 is 5.78 Å². The lowest BCUT2D eigenvalue weighted by molar-refractivity contribution is -0.119. The average molecular weight is 260 g/mol. The molecular formula is C18H28O. The lowest BCUT2D eigenvalue weighted by atomic mass is 9.94. The van der Waals surface area contributed by atoms with Gasteiger partial charge >= 0.3 is 0 Å². The van der Waals surface area contributed by atoms with E-state index < -0.39 is 0 Å². The van der Waals surface area contributed by atoms with Crippen LogP contribution in [-0.2, 0) is 17.6 Å². The molecule has 0 amide bonds. The molecule has 1 nitrogen and oxygen atoms in total. The summed E-state index contributed by atoms with van der Waals surface area (Å²) >= 11 is 0. The Morgan fingerprint density at radius 3 is 2.26 bits per heavy atom. The van der Waals surface area contributed by atoms with E-state index in [-0.39, 0.29) is 0 Å². The van der Waals surface area contributed by atoms with E-state index in [0.717, 1.165) is 25.7 Å². The van der Waals surface area contributed by atoms with Crippen molar-refractivity contribution in [1.29, 1.82) is 0 Å². The first-order chi connectivity index (χ1) is 9.15. The van der Waals surface area contributed by atoms with Crippen molar-refractivity contribution < 1.29 is 4.79 Å². The Labute approximate surface area is 118 Å². The summed E-state index contributed by atoms with van der Waals surface area (Å²) in [6, 6.07) is 8.94. The second-order valence-electron chi connectivity index (χ2n) is 5.72. The van der Waals surface area contributed by atoms with Crippen molar-refractivity contribution in [2.45, 2.75) is 65.7 Å². The zero-order valence-corrected chi connectivity index (χ0v) is 12.7. The van der Waals surface area contributed by atoms with Gasteiger partial charge in [0.2, 0.25) is 0 Å². The first-order valence-corrected chi connectivity index (χ1v) is 7.75. The van der Waals surface area contributed by atoms with E-state index in [0.29, 0.717) is 11.7 Å². The molecular weight excluding hydrogens is 232 g/mol. The highest BCUT2D eigenvalue weighted by Crippen LogP contribution is 2.15. The molecule has 1 atom stereocenters. The summed E-state index contributed by atoms with van der Waals surface area (Å²) in [5.74, 6) is 0.870. The van der Waals surface area contributed by atoms with Gasteiger partial charge in [0, 0.05) is 12.8 Å². The quantitative estimate of drug-likeness (QED) is 0.613. The molecule has 1 unspecified atom stereocenters. The number of carbonyl (C=O) groups excluding carboxylic acids is 1. The van der Waals surface area contributed by atoms with Gasteiger partial charge in [-0.05, 0) is 42.7 Å². The maximum absolute atomic E-state index is 11.6. The van der Waals surface area contributed by atoms with Crippen LogP contribution in [0.5, 0.6) is 0 Å². The van der Waals surface area contributed by atoms with E-state index in [4.69, 9.17) is 0 Å². The molecule has 1 rings (SSSR count). The maximum atomic E-state index is 11.6. The Balaban J connectivity index is 2.41. The zero-order chi connectivity index (χ0) is 14.1. The standard InChI is InChI=1S/C18H28O/c1-4-6-8-16-9-11-17(12-10-16)13-15(3)14-18(19)7-5-2/h9-12,15H,4-8,13-14H2,1-3H3. The van der Waals surface area contributed by atoms with Gasteiger partial charge in [0.05, 0.1) is 0 Å². The van der Waals surface area contributed by atoms with E-state index >= 15 is 0 Å². The first-order valence-electron chi connectivity index (χ1n) is 7.75. The van der Waals surface area contributed by atoms with Crippen LogP contribution in [0.3, 0.4) is 0 Å². The topological polar surface area (TPSA) is 17.1 Å². The normalized spacial score (nSPS) is 12.4. The van der Waals surface area contributed by atoms with Gasteiger partial charge in [0.15, 0.2) is 0 Å². The zero-order valence-electron chi connectivity index (χ0n) is 12.7. The van der Waals surface area contributed by atoms with Crippen LogP contribution in [-0.4, -0.2) is 5.78 Å². The number of ketones is 1. The minimum atomic E-state index is 0.412. The smallest absolute Gasteiger partial charge is 0.133 e. The van der Waals surface area contributed by atoms with Crippen LogP contribution in [0, 0.1) is 5.92 Å². The average Bonchev–Trinajstić information content (AvgIpc) is 2.38. The highest BCUT2D eigenvalue weighted by molar-refractivity contribution is 5.78. The summed E-state index contributed by atoms with van der Waals surface area (Å²) in [4.78, 5) is 11.6. The monoisotopic (exact) mass is 260 g/mol. The van der Waals surface area contributed by atoms with Crippen LogP contribution in [0.1, 0.15) is 64.0 Å². The van der Waals surface area contributed by atoms with Gasteiger partial charge in [-0.15, -0.1) is 0 Å². The highest BCUT2D eigenvalue weighted by Gasteiger charge is 2.09. The molecule has 0 aliphatic heterocycles. The molecule has 0 aliphatic rings. The fraction of sp³-hybridized carbons (Fsp3) is 0.611. The summed E-state index contributed by atoms with van der Waals surface area (Å²) in [7, 11) is 0. The van der Waals surface area contributed by atoms with Gasteiger partial charge in [0.1, 0.15) is 5.78 Å².